The Balaban J connectivity index is 1.85. The number of aliphatic hydroxyl groups excluding tert-OH is 1. The third-order valence-electron chi connectivity index (χ3n) is 3.03. The SMILES string of the molecule is O=C(CCNC(CCO)c1ccccc1)c1nccs1. The molecule has 0 aliphatic heterocycles. The maximum atomic E-state index is 11.8. The van der Waals surface area contributed by atoms with Crippen LogP contribution in [0.4, 0.5) is 0 Å². The second-order valence-electron chi connectivity index (χ2n) is 4.44. The van der Waals surface area contributed by atoms with Crippen LogP contribution in [0.5, 0.6) is 0 Å². The summed E-state index contributed by atoms with van der Waals surface area (Å²) in [6.45, 7) is 0.699. The third-order valence-corrected chi connectivity index (χ3v) is 3.85. The molecule has 0 amide bonds. The van der Waals surface area contributed by atoms with E-state index in [1.165, 1.54) is 11.3 Å². The van der Waals surface area contributed by atoms with Crippen molar-refractivity contribution < 1.29 is 9.90 Å². The monoisotopic (exact) mass is 290 g/mol. The van der Waals surface area contributed by atoms with Crippen LogP contribution in [-0.2, 0) is 0 Å². The number of hydrogen-bond donors (Lipinski definition) is 2. The largest absolute Gasteiger partial charge is 0.396 e. The molecule has 1 aromatic carbocycles. The van der Waals surface area contributed by atoms with Crippen molar-refractivity contribution in [2.24, 2.45) is 0 Å². The summed E-state index contributed by atoms with van der Waals surface area (Å²) in [7, 11) is 0. The number of carbonyl (C=O) groups excluding carboxylic acids is 1. The summed E-state index contributed by atoms with van der Waals surface area (Å²) in [6.07, 6.45) is 2.70. The Morgan fingerprint density at radius 1 is 1.35 bits per heavy atom. The van der Waals surface area contributed by atoms with Crippen molar-refractivity contribution >= 4 is 17.1 Å². The van der Waals surface area contributed by atoms with Gasteiger partial charge in [0.2, 0.25) is 0 Å². The second-order valence-corrected chi connectivity index (χ2v) is 5.33. The molecule has 0 saturated heterocycles. The van der Waals surface area contributed by atoms with E-state index in [1.54, 1.807) is 11.6 Å². The Bertz CT molecular complexity index is 514. The van der Waals surface area contributed by atoms with Crippen molar-refractivity contribution in [3.63, 3.8) is 0 Å². The maximum Gasteiger partial charge on any atom is 0.192 e. The van der Waals surface area contributed by atoms with Crippen molar-refractivity contribution in [2.75, 3.05) is 13.2 Å². The fourth-order valence-corrected chi connectivity index (χ4v) is 2.63. The lowest BCUT2D eigenvalue weighted by Crippen LogP contribution is -2.25. The number of benzene rings is 1. The highest BCUT2D eigenvalue weighted by Gasteiger charge is 2.12. The van der Waals surface area contributed by atoms with Crippen molar-refractivity contribution in [2.45, 2.75) is 18.9 Å². The first kappa shape index (κ1) is 14.8. The summed E-state index contributed by atoms with van der Waals surface area (Å²) in [4.78, 5) is 15.8. The molecule has 0 aliphatic carbocycles. The van der Waals surface area contributed by atoms with Gasteiger partial charge in [-0.1, -0.05) is 30.3 Å². The van der Waals surface area contributed by atoms with Gasteiger partial charge in [-0.15, -0.1) is 11.3 Å². The molecule has 0 radical (unpaired) electrons. The quantitative estimate of drug-likeness (QED) is 0.733. The van der Waals surface area contributed by atoms with Gasteiger partial charge in [-0.3, -0.25) is 4.79 Å². The number of aromatic nitrogens is 1. The molecule has 5 heteroatoms. The first-order chi connectivity index (χ1) is 9.81. The van der Waals surface area contributed by atoms with Gasteiger partial charge in [0.1, 0.15) is 0 Å². The molecule has 0 spiro atoms. The minimum Gasteiger partial charge on any atom is -0.396 e. The Labute approximate surface area is 122 Å². The topological polar surface area (TPSA) is 62.2 Å². The number of ketones is 1. The molecule has 1 unspecified atom stereocenters. The van der Waals surface area contributed by atoms with E-state index >= 15 is 0 Å². The Morgan fingerprint density at radius 3 is 2.80 bits per heavy atom. The zero-order chi connectivity index (χ0) is 14.2. The Hall–Kier alpha value is -1.56. The summed E-state index contributed by atoms with van der Waals surface area (Å²) < 4.78 is 0. The molecule has 0 saturated carbocycles. The van der Waals surface area contributed by atoms with Gasteiger partial charge in [-0.25, -0.2) is 4.98 Å². The number of aliphatic hydroxyl groups is 1. The van der Waals surface area contributed by atoms with Crippen molar-refractivity contribution in [3.05, 3.63) is 52.5 Å². The normalized spacial score (nSPS) is 12.2. The van der Waals surface area contributed by atoms with Crippen LogP contribution in [0.3, 0.4) is 0 Å². The van der Waals surface area contributed by atoms with E-state index in [4.69, 9.17) is 5.11 Å². The van der Waals surface area contributed by atoms with E-state index in [1.807, 2.05) is 30.3 Å². The van der Waals surface area contributed by atoms with Crippen LogP contribution in [0, 0.1) is 0 Å². The average Bonchev–Trinajstić information content (AvgIpc) is 3.01. The van der Waals surface area contributed by atoms with Crippen LogP contribution in [-0.4, -0.2) is 29.0 Å². The summed E-state index contributed by atoms with van der Waals surface area (Å²) in [5.74, 6) is 0.0586. The molecule has 1 atom stereocenters. The molecule has 2 rings (SSSR count). The standard InChI is InChI=1S/C15H18N2O2S/c18-10-7-13(12-4-2-1-3-5-12)16-8-6-14(19)15-17-9-11-20-15/h1-5,9,11,13,16,18H,6-8,10H2. The number of rotatable bonds is 8. The third kappa shape index (κ3) is 4.23. The molecule has 4 nitrogen and oxygen atoms in total. The first-order valence-corrected chi connectivity index (χ1v) is 7.51. The summed E-state index contributed by atoms with van der Waals surface area (Å²) in [5, 5.41) is 14.8. The van der Waals surface area contributed by atoms with Crippen LogP contribution >= 0.6 is 11.3 Å². The molecule has 1 aromatic heterocycles. The number of hydrogen-bond acceptors (Lipinski definition) is 5. The zero-order valence-electron chi connectivity index (χ0n) is 11.2. The van der Waals surface area contributed by atoms with E-state index in [0.29, 0.717) is 24.4 Å². The first-order valence-electron chi connectivity index (χ1n) is 6.63. The number of thiazole rings is 1. The molecule has 106 valence electrons. The van der Waals surface area contributed by atoms with Gasteiger partial charge in [-0.05, 0) is 12.0 Å². The summed E-state index contributed by atoms with van der Waals surface area (Å²) in [6, 6.07) is 10.0. The van der Waals surface area contributed by atoms with Gasteiger partial charge in [0, 0.05) is 37.2 Å². The van der Waals surface area contributed by atoms with Gasteiger partial charge >= 0.3 is 0 Å². The molecule has 2 aromatic rings. The minimum atomic E-state index is 0.0586. The van der Waals surface area contributed by atoms with Gasteiger partial charge in [-0.2, -0.15) is 0 Å². The molecular weight excluding hydrogens is 272 g/mol. The number of nitrogens with one attached hydrogen (secondary N) is 1. The lowest BCUT2D eigenvalue weighted by Gasteiger charge is -2.17. The highest BCUT2D eigenvalue weighted by Crippen LogP contribution is 2.16. The Kier molecular flexibility index (Phi) is 5.86. The fourth-order valence-electron chi connectivity index (χ4n) is 2.03. The molecule has 1 heterocycles. The molecule has 20 heavy (non-hydrogen) atoms. The molecule has 0 bridgehead atoms. The average molecular weight is 290 g/mol. The maximum absolute atomic E-state index is 11.8. The lowest BCUT2D eigenvalue weighted by molar-refractivity contribution is 0.0981. The highest BCUT2D eigenvalue weighted by atomic mass is 32.1. The number of Topliss-reactive ketones (excluding diaryl/α,β-unsaturated/α-hetero) is 1. The number of nitrogens with zero attached hydrogens (tertiary/aromatic N) is 1. The summed E-state index contributed by atoms with van der Waals surface area (Å²) >= 11 is 1.37. The van der Waals surface area contributed by atoms with Crippen molar-refractivity contribution in [1.82, 2.24) is 10.3 Å². The summed E-state index contributed by atoms with van der Waals surface area (Å²) in [5.41, 5.74) is 1.13. The second kappa shape index (κ2) is 7.89. The lowest BCUT2D eigenvalue weighted by atomic mass is 10.0. The predicted molar refractivity (Wildman–Crippen MR) is 80.0 cm³/mol. The molecule has 2 N–H and O–H groups in total. The van der Waals surface area contributed by atoms with E-state index in [0.717, 1.165) is 5.56 Å². The molecule has 0 fully saturated rings. The van der Waals surface area contributed by atoms with Crippen LogP contribution in [0.2, 0.25) is 0 Å². The smallest absolute Gasteiger partial charge is 0.192 e. The van der Waals surface area contributed by atoms with E-state index in [-0.39, 0.29) is 18.4 Å². The molecule has 0 aliphatic rings. The zero-order valence-corrected chi connectivity index (χ0v) is 12.0. The van der Waals surface area contributed by atoms with E-state index < -0.39 is 0 Å². The minimum absolute atomic E-state index is 0.0586. The predicted octanol–water partition coefficient (Wildman–Crippen LogP) is 2.43. The van der Waals surface area contributed by atoms with Gasteiger partial charge in [0.05, 0.1) is 0 Å². The Morgan fingerprint density at radius 2 is 2.15 bits per heavy atom. The van der Waals surface area contributed by atoms with Gasteiger partial charge < -0.3 is 10.4 Å². The van der Waals surface area contributed by atoms with E-state index in [9.17, 15) is 4.79 Å². The highest BCUT2D eigenvalue weighted by molar-refractivity contribution is 7.11. The van der Waals surface area contributed by atoms with Crippen molar-refractivity contribution in [3.8, 4) is 0 Å². The fraction of sp³-hybridized carbons (Fsp3) is 0.333. The van der Waals surface area contributed by atoms with Gasteiger partial charge in [0.15, 0.2) is 10.8 Å². The van der Waals surface area contributed by atoms with Crippen LogP contribution in [0.1, 0.15) is 34.2 Å². The van der Waals surface area contributed by atoms with E-state index in [2.05, 4.69) is 10.3 Å². The number of carbonyl (C=O) groups is 1. The van der Waals surface area contributed by atoms with Crippen LogP contribution in [0.15, 0.2) is 41.9 Å². The molecular formula is C15H18N2O2S. The van der Waals surface area contributed by atoms with Crippen LogP contribution in [0.25, 0.3) is 0 Å². The van der Waals surface area contributed by atoms with Crippen molar-refractivity contribution in [1.29, 1.82) is 0 Å². The van der Waals surface area contributed by atoms with Crippen LogP contribution < -0.4 is 5.32 Å². The van der Waals surface area contributed by atoms with Gasteiger partial charge in [0.25, 0.3) is 0 Å².